The van der Waals surface area contributed by atoms with Crippen LogP contribution in [0, 0.1) is 5.92 Å². The largest absolute Gasteiger partial charge is 0.497 e. The molecule has 1 aromatic rings. The van der Waals surface area contributed by atoms with Crippen molar-refractivity contribution in [2.75, 3.05) is 7.11 Å². The van der Waals surface area contributed by atoms with Gasteiger partial charge < -0.3 is 20.5 Å². The van der Waals surface area contributed by atoms with E-state index in [1.54, 1.807) is 7.11 Å². The molecule has 3 N–H and O–H groups in total. The molecule has 5 nitrogen and oxygen atoms in total. The third kappa shape index (κ3) is 4.88. The Morgan fingerprint density at radius 2 is 2.00 bits per heavy atom. The maximum absolute atomic E-state index is 12.3. The summed E-state index contributed by atoms with van der Waals surface area (Å²) >= 11 is 0. The van der Waals surface area contributed by atoms with Crippen LogP contribution in [0.25, 0.3) is 0 Å². The Hall–Kier alpha value is -1.75. The lowest BCUT2D eigenvalue weighted by Crippen LogP contribution is -2.31. The van der Waals surface area contributed by atoms with Crippen LogP contribution >= 0.6 is 0 Å². The van der Waals surface area contributed by atoms with Gasteiger partial charge in [-0.05, 0) is 56.6 Å². The van der Waals surface area contributed by atoms with Gasteiger partial charge in [-0.15, -0.1) is 0 Å². The van der Waals surface area contributed by atoms with Gasteiger partial charge in [0.05, 0.1) is 13.2 Å². The van der Waals surface area contributed by atoms with Crippen LogP contribution in [0.5, 0.6) is 11.5 Å². The van der Waals surface area contributed by atoms with Gasteiger partial charge in [-0.2, -0.15) is 0 Å². The molecule has 2 saturated carbocycles. The zero-order valence-electron chi connectivity index (χ0n) is 15.1. The Balaban J connectivity index is 1.59. The van der Waals surface area contributed by atoms with E-state index in [2.05, 4.69) is 5.32 Å². The Morgan fingerprint density at radius 3 is 2.68 bits per heavy atom. The van der Waals surface area contributed by atoms with Crippen LogP contribution in [0.3, 0.4) is 0 Å². The summed E-state index contributed by atoms with van der Waals surface area (Å²) in [5, 5.41) is 3.03. The molecule has 0 spiro atoms. The van der Waals surface area contributed by atoms with Crippen molar-refractivity contribution in [2.24, 2.45) is 11.7 Å². The second-order valence-electron chi connectivity index (χ2n) is 7.33. The summed E-state index contributed by atoms with van der Waals surface area (Å²) in [4.78, 5) is 12.3. The normalized spacial score (nSPS) is 23.6. The first kappa shape index (κ1) is 18.1. The van der Waals surface area contributed by atoms with Crippen molar-refractivity contribution in [2.45, 2.75) is 70.1 Å². The number of methoxy groups -OCH3 is 1. The number of carbonyl (C=O) groups is 1. The molecule has 2 aliphatic carbocycles. The Labute approximate surface area is 150 Å². The average molecular weight is 346 g/mol. The minimum atomic E-state index is 0.0741. The molecule has 25 heavy (non-hydrogen) atoms. The van der Waals surface area contributed by atoms with Gasteiger partial charge in [0, 0.05) is 30.6 Å². The van der Waals surface area contributed by atoms with Crippen LogP contribution < -0.4 is 20.5 Å². The van der Waals surface area contributed by atoms with Gasteiger partial charge in [0.25, 0.3) is 0 Å². The molecule has 1 aromatic carbocycles. The maximum Gasteiger partial charge on any atom is 0.220 e. The fourth-order valence-electron chi connectivity index (χ4n) is 3.93. The van der Waals surface area contributed by atoms with Gasteiger partial charge in [-0.25, -0.2) is 0 Å². The predicted molar refractivity (Wildman–Crippen MR) is 97.7 cm³/mol. The topological polar surface area (TPSA) is 73.6 Å². The molecule has 0 heterocycles. The second-order valence-corrected chi connectivity index (χ2v) is 7.33. The number of nitrogens with two attached hydrogens (primary N) is 1. The molecule has 3 rings (SSSR count). The summed E-state index contributed by atoms with van der Waals surface area (Å²) < 4.78 is 11.5. The summed E-state index contributed by atoms with van der Waals surface area (Å²) in [6, 6.07) is 5.99. The molecule has 5 heteroatoms. The van der Waals surface area contributed by atoms with Crippen molar-refractivity contribution < 1.29 is 14.3 Å². The van der Waals surface area contributed by atoms with Crippen LogP contribution in [0.2, 0.25) is 0 Å². The highest BCUT2D eigenvalue weighted by atomic mass is 16.5. The maximum atomic E-state index is 12.3. The minimum absolute atomic E-state index is 0.0741. The molecule has 2 fully saturated rings. The molecule has 138 valence electrons. The molecule has 0 aromatic heterocycles. The molecular weight excluding hydrogens is 316 g/mol. The van der Waals surface area contributed by atoms with Crippen LogP contribution in [0.15, 0.2) is 18.2 Å². The van der Waals surface area contributed by atoms with Gasteiger partial charge in [-0.3, -0.25) is 4.79 Å². The van der Waals surface area contributed by atoms with E-state index in [1.807, 2.05) is 18.2 Å². The summed E-state index contributed by atoms with van der Waals surface area (Å²) in [6.45, 7) is 0.479. The molecule has 0 bridgehead atoms. The van der Waals surface area contributed by atoms with Crippen molar-refractivity contribution in [3.05, 3.63) is 23.8 Å². The first-order valence-corrected chi connectivity index (χ1v) is 9.51. The Morgan fingerprint density at radius 1 is 1.20 bits per heavy atom. The highest BCUT2D eigenvalue weighted by Crippen LogP contribution is 2.30. The summed E-state index contributed by atoms with van der Waals surface area (Å²) in [7, 11) is 1.65. The van der Waals surface area contributed by atoms with E-state index in [9.17, 15) is 4.79 Å². The van der Waals surface area contributed by atoms with Crippen LogP contribution in [-0.2, 0) is 11.3 Å². The molecule has 1 amide bonds. The third-order valence-electron chi connectivity index (χ3n) is 5.51. The smallest absolute Gasteiger partial charge is 0.220 e. The SMILES string of the molecule is COc1ccc(CNC(=O)C[C@@H]2CCC[C@H]2N)c(OC2CCCC2)c1. The molecule has 0 radical (unpaired) electrons. The molecular formula is C20H30N2O3. The molecule has 2 aliphatic rings. The van der Waals surface area contributed by atoms with Crippen molar-refractivity contribution in [1.29, 1.82) is 0 Å². The summed E-state index contributed by atoms with van der Waals surface area (Å²) in [5.41, 5.74) is 7.07. The number of carbonyl (C=O) groups excluding carboxylic acids is 1. The van der Waals surface area contributed by atoms with Crippen molar-refractivity contribution in [3.63, 3.8) is 0 Å². The predicted octanol–water partition coefficient (Wildman–Crippen LogP) is 3.15. The van der Waals surface area contributed by atoms with Crippen molar-refractivity contribution in [1.82, 2.24) is 5.32 Å². The zero-order chi connectivity index (χ0) is 17.6. The van der Waals surface area contributed by atoms with Gasteiger partial charge in [-0.1, -0.05) is 6.42 Å². The van der Waals surface area contributed by atoms with Crippen LogP contribution in [0.4, 0.5) is 0 Å². The van der Waals surface area contributed by atoms with E-state index in [0.717, 1.165) is 49.2 Å². The number of nitrogens with one attached hydrogen (secondary N) is 1. The first-order chi connectivity index (χ1) is 12.2. The van der Waals surface area contributed by atoms with E-state index in [1.165, 1.54) is 12.8 Å². The van der Waals surface area contributed by atoms with Gasteiger partial charge in [0.2, 0.25) is 5.91 Å². The van der Waals surface area contributed by atoms with Crippen molar-refractivity contribution in [3.8, 4) is 11.5 Å². The van der Waals surface area contributed by atoms with Crippen molar-refractivity contribution >= 4 is 5.91 Å². The fourth-order valence-corrected chi connectivity index (χ4v) is 3.93. The second kappa shape index (κ2) is 8.56. The van der Waals surface area contributed by atoms with E-state index in [0.29, 0.717) is 18.9 Å². The lowest BCUT2D eigenvalue weighted by atomic mass is 10.00. The van der Waals surface area contributed by atoms with E-state index >= 15 is 0 Å². The monoisotopic (exact) mass is 346 g/mol. The number of hydrogen-bond donors (Lipinski definition) is 2. The summed E-state index contributed by atoms with van der Waals surface area (Å²) in [6.07, 6.45) is 8.68. The number of hydrogen-bond acceptors (Lipinski definition) is 4. The van der Waals surface area contributed by atoms with E-state index < -0.39 is 0 Å². The van der Waals surface area contributed by atoms with Crippen LogP contribution in [-0.4, -0.2) is 25.2 Å². The minimum Gasteiger partial charge on any atom is -0.497 e. The number of rotatable bonds is 7. The third-order valence-corrected chi connectivity index (χ3v) is 5.51. The molecule has 0 saturated heterocycles. The lowest BCUT2D eigenvalue weighted by Gasteiger charge is -2.19. The average Bonchev–Trinajstić information content (AvgIpc) is 3.26. The van der Waals surface area contributed by atoms with Gasteiger partial charge in [0.1, 0.15) is 11.5 Å². The number of benzene rings is 1. The highest BCUT2D eigenvalue weighted by Gasteiger charge is 2.26. The summed E-state index contributed by atoms with van der Waals surface area (Å²) in [5.74, 6) is 2.00. The van der Waals surface area contributed by atoms with Gasteiger partial charge in [0.15, 0.2) is 0 Å². The molecule has 2 atom stereocenters. The standard InChI is InChI=1S/C20H30N2O3/c1-24-17-10-9-15(19(12-17)25-16-6-2-3-7-16)13-22-20(23)11-14-5-4-8-18(14)21/h9-10,12,14,16,18H,2-8,11,13,21H2,1H3,(H,22,23)/t14-,18+/m0/s1. The number of ether oxygens (including phenoxy) is 2. The first-order valence-electron chi connectivity index (χ1n) is 9.51. The number of amides is 1. The quantitative estimate of drug-likeness (QED) is 0.795. The Bertz CT molecular complexity index is 584. The highest BCUT2D eigenvalue weighted by molar-refractivity contribution is 5.76. The zero-order valence-corrected chi connectivity index (χ0v) is 15.1. The van der Waals surface area contributed by atoms with Crippen LogP contribution in [0.1, 0.15) is 56.9 Å². The Kier molecular flexibility index (Phi) is 6.19. The molecule has 0 aliphatic heterocycles. The van der Waals surface area contributed by atoms with E-state index in [-0.39, 0.29) is 18.1 Å². The van der Waals surface area contributed by atoms with E-state index in [4.69, 9.17) is 15.2 Å². The van der Waals surface area contributed by atoms with Gasteiger partial charge >= 0.3 is 0 Å². The molecule has 0 unspecified atom stereocenters. The fraction of sp³-hybridized carbons (Fsp3) is 0.650. The lowest BCUT2D eigenvalue weighted by molar-refractivity contribution is -0.122.